The molecule has 0 N–H and O–H groups in total. The second kappa shape index (κ2) is 7.01. The van der Waals surface area contributed by atoms with Gasteiger partial charge in [-0.05, 0) is 36.6 Å². The molecule has 1 aromatic rings. The predicted molar refractivity (Wildman–Crippen MR) is 65.7 cm³/mol. The van der Waals surface area contributed by atoms with E-state index < -0.39 is 9.28 Å². The summed E-state index contributed by atoms with van der Waals surface area (Å²) in [5.74, 6) is 0. The molecule has 2 nitrogen and oxygen atoms in total. The van der Waals surface area contributed by atoms with Crippen molar-refractivity contribution in [3.63, 3.8) is 0 Å². The van der Waals surface area contributed by atoms with Crippen LogP contribution < -0.4 is 0 Å². The summed E-state index contributed by atoms with van der Waals surface area (Å²) in [6.45, 7) is 0. The highest BCUT2D eigenvalue weighted by Crippen LogP contribution is 2.13. The predicted octanol–water partition coefficient (Wildman–Crippen LogP) is 2.79. The lowest BCUT2D eigenvalue weighted by Gasteiger charge is -2.10. The molecule has 84 valence electrons. The van der Waals surface area contributed by atoms with Gasteiger partial charge in [0.25, 0.3) is 0 Å². The van der Waals surface area contributed by atoms with Crippen molar-refractivity contribution in [3.8, 4) is 0 Å². The average molecular weight is 245 g/mol. The first-order valence-corrected chi connectivity index (χ1v) is 7.20. The Morgan fingerprint density at radius 2 is 2.00 bits per heavy atom. The molecular formula is C11H17ClO2Si. The molecule has 1 rings (SSSR count). The molecule has 0 bridgehead atoms. The Labute approximate surface area is 98.0 Å². The highest BCUT2D eigenvalue weighted by Gasteiger charge is 2.08. The minimum atomic E-state index is -1.38. The summed E-state index contributed by atoms with van der Waals surface area (Å²) in [6, 6.07) is 9.03. The minimum Gasteiger partial charge on any atom is -0.400 e. The standard InChI is InChI=1S/C11H17ClO2Si/c1-13-15(14-2)8-4-6-10-5-3-7-11(12)9-10/h3,5,7,9,15H,4,6,8H2,1-2H3. The Balaban J connectivity index is 2.31. The summed E-state index contributed by atoms with van der Waals surface area (Å²) in [5.41, 5.74) is 1.28. The van der Waals surface area contributed by atoms with Crippen molar-refractivity contribution >= 4 is 20.9 Å². The lowest BCUT2D eigenvalue weighted by molar-refractivity contribution is 0.276. The van der Waals surface area contributed by atoms with Crippen molar-refractivity contribution < 1.29 is 8.85 Å². The molecule has 0 saturated carbocycles. The van der Waals surface area contributed by atoms with Crippen LogP contribution in [0, 0.1) is 0 Å². The van der Waals surface area contributed by atoms with Crippen LogP contribution in [0.2, 0.25) is 11.1 Å². The van der Waals surface area contributed by atoms with Gasteiger partial charge in [-0.3, -0.25) is 0 Å². The number of hydrogen-bond donors (Lipinski definition) is 0. The van der Waals surface area contributed by atoms with E-state index in [0.717, 1.165) is 23.9 Å². The molecule has 0 heterocycles. The fourth-order valence-corrected chi connectivity index (χ4v) is 2.91. The van der Waals surface area contributed by atoms with Gasteiger partial charge in [0.1, 0.15) is 0 Å². The molecule has 0 radical (unpaired) electrons. The first-order valence-electron chi connectivity index (χ1n) is 5.06. The van der Waals surface area contributed by atoms with Crippen LogP contribution in [0.1, 0.15) is 12.0 Å². The molecule has 0 saturated heterocycles. The number of halogens is 1. The number of rotatable bonds is 6. The van der Waals surface area contributed by atoms with Gasteiger partial charge >= 0.3 is 9.28 Å². The molecule has 0 aliphatic heterocycles. The number of hydrogen-bond acceptors (Lipinski definition) is 2. The fraction of sp³-hybridized carbons (Fsp3) is 0.455. The van der Waals surface area contributed by atoms with Crippen LogP contribution in [0.4, 0.5) is 0 Å². The zero-order chi connectivity index (χ0) is 11.1. The van der Waals surface area contributed by atoms with Gasteiger partial charge in [-0.25, -0.2) is 0 Å². The van der Waals surface area contributed by atoms with Crippen molar-refractivity contribution in [2.24, 2.45) is 0 Å². The Morgan fingerprint density at radius 1 is 1.27 bits per heavy atom. The van der Waals surface area contributed by atoms with E-state index in [2.05, 4.69) is 6.07 Å². The lowest BCUT2D eigenvalue weighted by Crippen LogP contribution is -2.18. The SMILES string of the molecule is CO[SiH](CCCc1cccc(Cl)c1)OC. The van der Waals surface area contributed by atoms with E-state index in [-0.39, 0.29) is 0 Å². The maximum atomic E-state index is 5.90. The molecule has 1 aromatic carbocycles. The highest BCUT2D eigenvalue weighted by atomic mass is 35.5. The van der Waals surface area contributed by atoms with Crippen LogP contribution in [0.5, 0.6) is 0 Å². The monoisotopic (exact) mass is 244 g/mol. The van der Waals surface area contributed by atoms with Gasteiger partial charge in [0, 0.05) is 19.2 Å². The maximum Gasteiger partial charge on any atom is 0.320 e. The maximum absolute atomic E-state index is 5.90. The molecule has 0 unspecified atom stereocenters. The van der Waals surface area contributed by atoms with Crippen LogP contribution in [-0.2, 0) is 15.3 Å². The van der Waals surface area contributed by atoms with Crippen LogP contribution >= 0.6 is 11.6 Å². The van der Waals surface area contributed by atoms with Gasteiger partial charge in [-0.15, -0.1) is 0 Å². The summed E-state index contributed by atoms with van der Waals surface area (Å²) in [4.78, 5) is 0. The zero-order valence-corrected chi connectivity index (χ0v) is 11.1. The van der Waals surface area contributed by atoms with E-state index in [1.807, 2.05) is 18.2 Å². The van der Waals surface area contributed by atoms with Crippen molar-refractivity contribution in [2.75, 3.05) is 14.2 Å². The molecule has 0 aromatic heterocycles. The second-order valence-corrected chi connectivity index (χ2v) is 6.24. The van der Waals surface area contributed by atoms with Gasteiger partial charge in [-0.2, -0.15) is 0 Å². The molecule has 0 aliphatic rings. The Hall–Kier alpha value is -0.353. The smallest absolute Gasteiger partial charge is 0.320 e. The second-order valence-electron chi connectivity index (χ2n) is 3.42. The minimum absolute atomic E-state index is 0.805. The third-order valence-electron chi connectivity index (χ3n) is 2.32. The van der Waals surface area contributed by atoms with Crippen molar-refractivity contribution in [3.05, 3.63) is 34.9 Å². The molecular weight excluding hydrogens is 228 g/mol. The van der Waals surface area contributed by atoms with Gasteiger partial charge in [0.05, 0.1) is 0 Å². The van der Waals surface area contributed by atoms with Crippen LogP contribution in [-0.4, -0.2) is 23.5 Å². The van der Waals surface area contributed by atoms with Gasteiger partial charge in [-0.1, -0.05) is 23.7 Å². The van der Waals surface area contributed by atoms with E-state index in [4.69, 9.17) is 20.5 Å². The summed E-state index contributed by atoms with van der Waals surface area (Å²) in [5, 5.41) is 0.805. The van der Waals surface area contributed by atoms with Crippen LogP contribution in [0.3, 0.4) is 0 Å². The molecule has 15 heavy (non-hydrogen) atoms. The third kappa shape index (κ3) is 4.80. The van der Waals surface area contributed by atoms with E-state index in [9.17, 15) is 0 Å². The van der Waals surface area contributed by atoms with E-state index >= 15 is 0 Å². The van der Waals surface area contributed by atoms with Crippen molar-refractivity contribution in [1.29, 1.82) is 0 Å². The molecule has 4 heteroatoms. The topological polar surface area (TPSA) is 18.5 Å². The highest BCUT2D eigenvalue weighted by molar-refractivity contribution is 6.44. The molecule has 0 aliphatic carbocycles. The summed E-state index contributed by atoms with van der Waals surface area (Å²) >= 11 is 5.90. The average Bonchev–Trinajstić information content (AvgIpc) is 2.25. The number of aryl methyl sites for hydroxylation is 1. The normalized spacial score (nSPS) is 10.9. The Bertz CT molecular complexity index is 290. The van der Waals surface area contributed by atoms with Crippen LogP contribution in [0.25, 0.3) is 0 Å². The number of benzene rings is 1. The largest absolute Gasteiger partial charge is 0.400 e. The van der Waals surface area contributed by atoms with E-state index in [1.165, 1.54) is 5.56 Å². The molecule has 0 fully saturated rings. The van der Waals surface area contributed by atoms with Crippen molar-refractivity contribution in [2.45, 2.75) is 18.9 Å². The summed E-state index contributed by atoms with van der Waals surface area (Å²) in [7, 11) is 2.07. The zero-order valence-electron chi connectivity index (χ0n) is 9.20. The van der Waals surface area contributed by atoms with Gasteiger partial charge in [0.2, 0.25) is 0 Å². The van der Waals surface area contributed by atoms with Gasteiger partial charge < -0.3 is 8.85 Å². The molecule has 0 amide bonds. The van der Waals surface area contributed by atoms with Crippen LogP contribution in [0.15, 0.2) is 24.3 Å². The first-order chi connectivity index (χ1) is 7.26. The summed E-state index contributed by atoms with van der Waals surface area (Å²) < 4.78 is 10.5. The third-order valence-corrected chi connectivity index (χ3v) is 4.49. The Morgan fingerprint density at radius 3 is 2.60 bits per heavy atom. The summed E-state index contributed by atoms with van der Waals surface area (Å²) in [6.07, 6.45) is 2.13. The van der Waals surface area contributed by atoms with Gasteiger partial charge in [0.15, 0.2) is 0 Å². The fourth-order valence-electron chi connectivity index (χ4n) is 1.50. The lowest BCUT2D eigenvalue weighted by atomic mass is 10.1. The van der Waals surface area contributed by atoms with Crippen molar-refractivity contribution in [1.82, 2.24) is 0 Å². The van der Waals surface area contributed by atoms with E-state index in [0.29, 0.717) is 0 Å². The molecule has 0 spiro atoms. The quantitative estimate of drug-likeness (QED) is 0.717. The van der Waals surface area contributed by atoms with E-state index in [1.54, 1.807) is 14.2 Å². The Kier molecular flexibility index (Phi) is 5.94. The molecule has 0 atom stereocenters. The first kappa shape index (κ1) is 12.7.